The number of amides is 1. The maximum Gasteiger partial charge on any atom is 0.258 e. The summed E-state index contributed by atoms with van der Waals surface area (Å²) in [6.07, 6.45) is 0.408. The molecule has 2 heterocycles. The van der Waals surface area contributed by atoms with Gasteiger partial charge in [0, 0.05) is 16.9 Å². The van der Waals surface area contributed by atoms with Gasteiger partial charge in [-0.1, -0.05) is 23.7 Å². The zero-order valence-electron chi connectivity index (χ0n) is 17.6. The Hall–Kier alpha value is -3.03. The summed E-state index contributed by atoms with van der Waals surface area (Å²) in [4.78, 5) is 25.5. The molecule has 3 aromatic rings. The first kappa shape index (κ1) is 22.2. The summed E-state index contributed by atoms with van der Waals surface area (Å²) in [7, 11) is 1.55. The number of rotatable bonds is 8. The third-order valence-electron chi connectivity index (χ3n) is 5.04. The fourth-order valence-electron chi connectivity index (χ4n) is 3.49. The van der Waals surface area contributed by atoms with Gasteiger partial charge in [0.05, 0.1) is 23.6 Å². The first-order valence-electron chi connectivity index (χ1n) is 10.1. The number of thiophene rings is 1. The van der Waals surface area contributed by atoms with Gasteiger partial charge in [-0.2, -0.15) is 0 Å². The van der Waals surface area contributed by atoms with Crippen molar-refractivity contribution in [1.82, 2.24) is 5.32 Å². The molecule has 4 rings (SSSR count). The molecule has 0 saturated carbocycles. The number of methoxy groups -OCH3 is 1. The molecule has 2 aromatic carbocycles. The van der Waals surface area contributed by atoms with Gasteiger partial charge in [-0.05, 0) is 48.9 Å². The number of Topliss-reactive ketones (excluding diaryl/α,β-unsaturated/α-hetero) is 1. The second-order valence-corrected chi connectivity index (χ2v) is 8.84. The molecule has 0 unspecified atom stereocenters. The number of fused-ring (bicyclic) bond motifs is 1. The highest BCUT2D eigenvalue weighted by Crippen LogP contribution is 2.41. The number of halogens is 1. The number of nitrogens with one attached hydrogen (secondary N) is 1. The maximum absolute atomic E-state index is 12.2. The largest absolute Gasteiger partial charge is 0.493 e. The van der Waals surface area contributed by atoms with E-state index >= 15 is 0 Å². The number of carbonyl (C=O) groups is 2. The van der Waals surface area contributed by atoms with Crippen molar-refractivity contribution in [3.05, 3.63) is 64.0 Å². The van der Waals surface area contributed by atoms with Crippen molar-refractivity contribution in [3.63, 3.8) is 0 Å². The SMILES string of the molecule is COc1ccccc1OCC(=O)NC[C@@H]1Cc2cc(-c3ccc(C(C)=O)s3)cc(Cl)c2O1. The zero-order valence-corrected chi connectivity index (χ0v) is 19.2. The third kappa shape index (κ3) is 4.89. The van der Waals surface area contributed by atoms with Crippen molar-refractivity contribution in [2.24, 2.45) is 0 Å². The molecular formula is C24H22ClNO5S. The van der Waals surface area contributed by atoms with E-state index < -0.39 is 0 Å². The van der Waals surface area contributed by atoms with E-state index in [0.717, 1.165) is 16.0 Å². The molecule has 6 nitrogen and oxygen atoms in total. The minimum absolute atomic E-state index is 0.0438. The quantitative estimate of drug-likeness (QED) is 0.479. The van der Waals surface area contributed by atoms with Crippen molar-refractivity contribution in [3.8, 4) is 27.7 Å². The Kier molecular flexibility index (Phi) is 6.67. The van der Waals surface area contributed by atoms with Crippen LogP contribution >= 0.6 is 22.9 Å². The van der Waals surface area contributed by atoms with E-state index in [1.807, 2.05) is 36.4 Å². The summed E-state index contributed by atoms with van der Waals surface area (Å²) in [5, 5.41) is 3.36. The van der Waals surface area contributed by atoms with Crippen LogP contribution < -0.4 is 19.5 Å². The average molecular weight is 472 g/mol. The normalized spacial score (nSPS) is 14.4. The summed E-state index contributed by atoms with van der Waals surface area (Å²) >= 11 is 7.90. The molecule has 0 bridgehead atoms. The molecule has 1 N–H and O–H groups in total. The predicted molar refractivity (Wildman–Crippen MR) is 124 cm³/mol. The Morgan fingerprint density at radius 2 is 1.97 bits per heavy atom. The van der Waals surface area contributed by atoms with Gasteiger partial charge in [0.15, 0.2) is 23.9 Å². The topological polar surface area (TPSA) is 73.9 Å². The second-order valence-electron chi connectivity index (χ2n) is 7.35. The number of para-hydroxylation sites is 2. The smallest absolute Gasteiger partial charge is 0.258 e. The average Bonchev–Trinajstić information content (AvgIpc) is 3.44. The van der Waals surface area contributed by atoms with Crippen LogP contribution in [-0.4, -0.2) is 38.1 Å². The highest BCUT2D eigenvalue weighted by atomic mass is 35.5. The molecule has 1 amide bonds. The fraction of sp³-hybridized carbons (Fsp3) is 0.250. The van der Waals surface area contributed by atoms with Crippen molar-refractivity contribution in [2.75, 3.05) is 20.3 Å². The standard InChI is InChI=1S/C24H22ClNO5S/c1-14(27)21-7-8-22(32-21)15-9-16-10-17(31-24(16)18(25)11-15)12-26-23(28)13-30-20-6-4-3-5-19(20)29-2/h3-9,11,17H,10,12-13H2,1-2H3,(H,26,28)/t17-/m0/s1. The van der Waals surface area contributed by atoms with E-state index in [4.69, 9.17) is 25.8 Å². The van der Waals surface area contributed by atoms with E-state index in [1.165, 1.54) is 11.3 Å². The van der Waals surface area contributed by atoms with Crippen LogP contribution in [0.5, 0.6) is 17.2 Å². The molecular weight excluding hydrogens is 450 g/mol. The first-order valence-corrected chi connectivity index (χ1v) is 11.3. The number of hydrogen-bond acceptors (Lipinski definition) is 6. The molecule has 0 aliphatic carbocycles. The van der Waals surface area contributed by atoms with Crippen LogP contribution in [0.15, 0.2) is 48.5 Å². The third-order valence-corrected chi connectivity index (χ3v) is 6.56. The molecule has 0 saturated heterocycles. The number of carbonyl (C=O) groups excluding carboxylic acids is 2. The van der Waals surface area contributed by atoms with Gasteiger partial charge in [0.25, 0.3) is 5.91 Å². The van der Waals surface area contributed by atoms with Crippen LogP contribution in [0.1, 0.15) is 22.2 Å². The van der Waals surface area contributed by atoms with E-state index in [-0.39, 0.29) is 24.4 Å². The van der Waals surface area contributed by atoms with Crippen LogP contribution in [-0.2, 0) is 11.2 Å². The Labute approximate surface area is 195 Å². The van der Waals surface area contributed by atoms with Gasteiger partial charge in [-0.25, -0.2) is 0 Å². The van der Waals surface area contributed by atoms with Gasteiger partial charge >= 0.3 is 0 Å². The first-order chi connectivity index (χ1) is 15.4. The molecule has 8 heteroatoms. The number of ketones is 1. The molecule has 0 radical (unpaired) electrons. The Morgan fingerprint density at radius 3 is 2.69 bits per heavy atom. The van der Waals surface area contributed by atoms with E-state index in [1.54, 1.807) is 26.2 Å². The molecule has 1 aliphatic rings. The summed E-state index contributed by atoms with van der Waals surface area (Å²) in [5.41, 5.74) is 1.93. The van der Waals surface area contributed by atoms with E-state index in [0.29, 0.717) is 40.1 Å². The minimum Gasteiger partial charge on any atom is -0.493 e. The van der Waals surface area contributed by atoms with Crippen LogP contribution in [0.4, 0.5) is 0 Å². The highest BCUT2D eigenvalue weighted by Gasteiger charge is 2.27. The Bertz CT molecular complexity index is 1160. The maximum atomic E-state index is 12.2. The lowest BCUT2D eigenvalue weighted by atomic mass is 10.1. The Balaban J connectivity index is 1.34. The summed E-state index contributed by atoms with van der Waals surface area (Å²) in [6, 6.07) is 14.8. The molecule has 1 aromatic heterocycles. The van der Waals surface area contributed by atoms with Crippen molar-refractivity contribution >= 4 is 34.6 Å². The lowest BCUT2D eigenvalue weighted by molar-refractivity contribution is -0.123. The van der Waals surface area contributed by atoms with Gasteiger partial charge in [0.1, 0.15) is 11.9 Å². The Morgan fingerprint density at radius 1 is 1.19 bits per heavy atom. The van der Waals surface area contributed by atoms with Gasteiger partial charge < -0.3 is 19.5 Å². The second kappa shape index (κ2) is 9.63. The molecule has 32 heavy (non-hydrogen) atoms. The number of benzene rings is 2. The summed E-state index contributed by atoms with van der Waals surface area (Å²) < 4.78 is 16.7. The van der Waals surface area contributed by atoms with Gasteiger partial charge in [-0.15, -0.1) is 11.3 Å². The van der Waals surface area contributed by atoms with Crippen molar-refractivity contribution in [1.29, 1.82) is 0 Å². The van der Waals surface area contributed by atoms with Gasteiger partial charge in [-0.3, -0.25) is 9.59 Å². The van der Waals surface area contributed by atoms with Crippen molar-refractivity contribution < 1.29 is 23.8 Å². The number of hydrogen-bond donors (Lipinski definition) is 1. The molecule has 1 aliphatic heterocycles. The van der Waals surface area contributed by atoms with Crippen molar-refractivity contribution in [2.45, 2.75) is 19.4 Å². The predicted octanol–water partition coefficient (Wildman–Crippen LogP) is 4.78. The molecule has 166 valence electrons. The summed E-state index contributed by atoms with van der Waals surface area (Å²) in [6.45, 7) is 1.77. The van der Waals surface area contributed by atoms with Gasteiger partial charge in [0.2, 0.25) is 0 Å². The lowest BCUT2D eigenvalue weighted by Crippen LogP contribution is -2.37. The molecule has 0 fully saturated rings. The monoisotopic (exact) mass is 471 g/mol. The van der Waals surface area contributed by atoms with Crippen LogP contribution in [0.3, 0.4) is 0 Å². The molecule has 0 spiro atoms. The van der Waals surface area contributed by atoms with Crippen LogP contribution in [0, 0.1) is 0 Å². The van der Waals surface area contributed by atoms with E-state index in [2.05, 4.69) is 5.32 Å². The van der Waals surface area contributed by atoms with E-state index in [9.17, 15) is 9.59 Å². The van der Waals surface area contributed by atoms with Crippen LogP contribution in [0.25, 0.3) is 10.4 Å². The summed E-state index contributed by atoms with van der Waals surface area (Å²) in [5.74, 6) is 1.51. The minimum atomic E-state index is -0.252. The van der Waals surface area contributed by atoms with Crippen LogP contribution in [0.2, 0.25) is 5.02 Å². The lowest BCUT2D eigenvalue weighted by Gasteiger charge is -2.13. The highest BCUT2D eigenvalue weighted by molar-refractivity contribution is 7.17. The zero-order chi connectivity index (χ0) is 22.7. The molecule has 1 atom stereocenters. The fourth-order valence-corrected chi connectivity index (χ4v) is 4.66. The number of ether oxygens (including phenoxy) is 3.